The Morgan fingerprint density at radius 1 is 1.29 bits per heavy atom. The number of H-pyrrole nitrogens is 1. The number of methoxy groups -OCH3 is 1. The van der Waals surface area contributed by atoms with E-state index in [4.69, 9.17) is 9.15 Å². The zero-order chi connectivity index (χ0) is 16.8. The molecule has 0 spiro atoms. The van der Waals surface area contributed by atoms with Gasteiger partial charge in [0.15, 0.2) is 5.16 Å². The third-order valence-corrected chi connectivity index (χ3v) is 4.23. The molecule has 0 fully saturated rings. The molecule has 3 aromatic rings. The van der Waals surface area contributed by atoms with Crippen molar-refractivity contribution in [2.45, 2.75) is 23.9 Å². The van der Waals surface area contributed by atoms with Crippen molar-refractivity contribution >= 4 is 11.8 Å². The molecule has 8 nitrogen and oxygen atoms in total. The zero-order valence-electron chi connectivity index (χ0n) is 13.1. The lowest BCUT2D eigenvalue weighted by atomic mass is 10.2. The van der Waals surface area contributed by atoms with Crippen molar-refractivity contribution in [1.82, 2.24) is 25.0 Å². The molecule has 0 aliphatic rings. The molecule has 24 heavy (non-hydrogen) atoms. The van der Waals surface area contributed by atoms with Gasteiger partial charge in [-0.1, -0.05) is 30.0 Å². The van der Waals surface area contributed by atoms with Gasteiger partial charge in [-0.2, -0.15) is 0 Å². The van der Waals surface area contributed by atoms with Gasteiger partial charge in [-0.05, 0) is 18.6 Å². The molecule has 0 aliphatic heterocycles. The Morgan fingerprint density at radius 3 is 2.92 bits per heavy atom. The third-order valence-electron chi connectivity index (χ3n) is 3.27. The minimum absolute atomic E-state index is 0.232. The van der Waals surface area contributed by atoms with Gasteiger partial charge >= 0.3 is 5.69 Å². The van der Waals surface area contributed by atoms with Crippen LogP contribution >= 0.6 is 11.8 Å². The van der Waals surface area contributed by atoms with Crippen LogP contribution in [0.5, 0.6) is 0 Å². The first-order valence-corrected chi connectivity index (χ1v) is 8.41. The predicted octanol–water partition coefficient (Wildman–Crippen LogP) is 1.95. The Morgan fingerprint density at radius 2 is 2.12 bits per heavy atom. The Bertz CT molecular complexity index is 827. The molecule has 1 aromatic carbocycles. The summed E-state index contributed by atoms with van der Waals surface area (Å²) < 4.78 is 12.2. The molecule has 0 aliphatic carbocycles. The van der Waals surface area contributed by atoms with Crippen molar-refractivity contribution < 1.29 is 9.15 Å². The van der Waals surface area contributed by atoms with Gasteiger partial charge in [0.1, 0.15) is 0 Å². The smallest absolute Gasteiger partial charge is 0.343 e. The molecule has 3 rings (SSSR count). The SMILES string of the molecule is COCCCn1c(SCc2nnc(-c3ccccc3)o2)n[nH]c1=O. The van der Waals surface area contributed by atoms with Crippen molar-refractivity contribution in [3.63, 3.8) is 0 Å². The van der Waals surface area contributed by atoms with E-state index in [-0.39, 0.29) is 5.69 Å². The van der Waals surface area contributed by atoms with Crippen molar-refractivity contribution in [1.29, 1.82) is 0 Å². The zero-order valence-corrected chi connectivity index (χ0v) is 14.0. The molecular formula is C15H17N5O3S. The number of aromatic amines is 1. The van der Waals surface area contributed by atoms with Crippen molar-refractivity contribution in [3.05, 3.63) is 46.7 Å². The molecule has 0 atom stereocenters. The van der Waals surface area contributed by atoms with Crippen molar-refractivity contribution in [2.75, 3.05) is 13.7 Å². The van der Waals surface area contributed by atoms with Gasteiger partial charge in [-0.3, -0.25) is 4.57 Å². The third kappa shape index (κ3) is 3.92. The van der Waals surface area contributed by atoms with E-state index in [0.29, 0.717) is 35.8 Å². The predicted molar refractivity (Wildman–Crippen MR) is 88.6 cm³/mol. The van der Waals surface area contributed by atoms with E-state index < -0.39 is 0 Å². The first kappa shape index (κ1) is 16.5. The first-order chi connectivity index (χ1) is 11.8. The largest absolute Gasteiger partial charge is 0.420 e. The summed E-state index contributed by atoms with van der Waals surface area (Å²) in [4.78, 5) is 11.8. The van der Waals surface area contributed by atoms with E-state index in [2.05, 4.69) is 20.4 Å². The Labute approximate surface area is 142 Å². The van der Waals surface area contributed by atoms with E-state index in [1.807, 2.05) is 30.3 Å². The lowest BCUT2D eigenvalue weighted by Crippen LogP contribution is -2.18. The molecule has 126 valence electrons. The second-order valence-corrected chi connectivity index (χ2v) is 5.91. The Kier molecular flexibility index (Phi) is 5.44. The summed E-state index contributed by atoms with van der Waals surface area (Å²) in [6.07, 6.45) is 0.738. The maximum atomic E-state index is 11.8. The molecule has 9 heteroatoms. The van der Waals surface area contributed by atoms with Crippen LogP contribution in [0.1, 0.15) is 12.3 Å². The molecule has 2 aromatic heterocycles. The van der Waals surface area contributed by atoms with Crippen LogP contribution < -0.4 is 5.69 Å². The highest BCUT2D eigenvalue weighted by Crippen LogP contribution is 2.22. The fourth-order valence-corrected chi connectivity index (χ4v) is 2.92. The topological polar surface area (TPSA) is 98.8 Å². The summed E-state index contributed by atoms with van der Waals surface area (Å²) in [7, 11) is 1.63. The summed E-state index contributed by atoms with van der Waals surface area (Å²) in [6.45, 7) is 1.14. The fraction of sp³-hybridized carbons (Fsp3) is 0.333. The summed E-state index contributed by atoms with van der Waals surface area (Å²) >= 11 is 1.37. The van der Waals surface area contributed by atoms with Crippen LogP contribution in [0.15, 0.2) is 44.7 Å². The van der Waals surface area contributed by atoms with Crippen LogP contribution in [0.2, 0.25) is 0 Å². The number of hydrogen-bond donors (Lipinski definition) is 1. The summed E-state index contributed by atoms with van der Waals surface area (Å²) in [5, 5.41) is 15.2. The second kappa shape index (κ2) is 7.93. The average Bonchev–Trinajstić information content (AvgIpc) is 3.22. The number of nitrogens with zero attached hydrogens (tertiary/aromatic N) is 4. The molecule has 2 heterocycles. The van der Waals surface area contributed by atoms with E-state index in [1.54, 1.807) is 11.7 Å². The molecular weight excluding hydrogens is 330 g/mol. The lowest BCUT2D eigenvalue weighted by Gasteiger charge is -2.03. The van der Waals surface area contributed by atoms with Crippen LogP contribution in [-0.4, -0.2) is 38.7 Å². The maximum Gasteiger partial charge on any atom is 0.343 e. The van der Waals surface area contributed by atoms with Gasteiger partial charge in [0.2, 0.25) is 11.8 Å². The molecule has 0 bridgehead atoms. The van der Waals surface area contributed by atoms with Crippen LogP contribution in [0.4, 0.5) is 0 Å². The fourth-order valence-electron chi connectivity index (χ4n) is 2.11. The van der Waals surface area contributed by atoms with Gasteiger partial charge in [0.05, 0.1) is 5.75 Å². The lowest BCUT2D eigenvalue weighted by molar-refractivity contribution is 0.189. The molecule has 0 saturated heterocycles. The van der Waals surface area contributed by atoms with E-state index >= 15 is 0 Å². The Hall–Kier alpha value is -2.39. The summed E-state index contributed by atoms with van der Waals surface area (Å²) in [5.74, 6) is 1.40. The highest BCUT2D eigenvalue weighted by atomic mass is 32.2. The first-order valence-electron chi connectivity index (χ1n) is 7.42. The van der Waals surface area contributed by atoms with Gasteiger partial charge in [0, 0.05) is 25.8 Å². The molecule has 0 saturated carbocycles. The van der Waals surface area contributed by atoms with E-state index in [1.165, 1.54) is 11.8 Å². The molecule has 0 amide bonds. The van der Waals surface area contributed by atoms with Crippen LogP contribution in [0, 0.1) is 0 Å². The van der Waals surface area contributed by atoms with Crippen molar-refractivity contribution in [3.8, 4) is 11.5 Å². The molecule has 0 unspecified atom stereocenters. The number of nitrogens with one attached hydrogen (secondary N) is 1. The highest BCUT2D eigenvalue weighted by Gasteiger charge is 2.12. The number of aromatic nitrogens is 5. The number of thioether (sulfide) groups is 1. The number of rotatable bonds is 8. The highest BCUT2D eigenvalue weighted by molar-refractivity contribution is 7.98. The minimum atomic E-state index is -0.232. The van der Waals surface area contributed by atoms with E-state index in [9.17, 15) is 4.79 Å². The van der Waals surface area contributed by atoms with Gasteiger partial charge < -0.3 is 9.15 Å². The quantitative estimate of drug-likeness (QED) is 0.491. The summed E-state index contributed by atoms with van der Waals surface area (Å²) in [6, 6.07) is 9.57. The number of benzene rings is 1. The van der Waals surface area contributed by atoms with Crippen molar-refractivity contribution in [2.24, 2.45) is 0 Å². The van der Waals surface area contributed by atoms with E-state index in [0.717, 1.165) is 12.0 Å². The maximum absolute atomic E-state index is 11.8. The standard InChI is InChI=1S/C15H17N5O3S/c1-22-9-5-8-20-14(21)18-19-15(20)24-10-12-16-17-13(23-12)11-6-3-2-4-7-11/h2-4,6-7H,5,8-10H2,1H3,(H,18,21). The average molecular weight is 347 g/mol. The second-order valence-electron chi connectivity index (χ2n) is 4.96. The van der Waals surface area contributed by atoms with Crippen LogP contribution in [0.3, 0.4) is 0 Å². The van der Waals surface area contributed by atoms with Crippen LogP contribution in [-0.2, 0) is 17.0 Å². The minimum Gasteiger partial charge on any atom is -0.420 e. The molecule has 1 N–H and O–H groups in total. The number of ether oxygens (including phenoxy) is 1. The molecule has 0 radical (unpaired) electrons. The van der Waals surface area contributed by atoms with Gasteiger partial charge in [-0.15, -0.1) is 15.3 Å². The van der Waals surface area contributed by atoms with Gasteiger partial charge in [-0.25, -0.2) is 9.89 Å². The van der Waals surface area contributed by atoms with Crippen LogP contribution in [0.25, 0.3) is 11.5 Å². The summed E-state index contributed by atoms with van der Waals surface area (Å²) in [5.41, 5.74) is 0.640. The monoisotopic (exact) mass is 347 g/mol. The van der Waals surface area contributed by atoms with Gasteiger partial charge in [0.25, 0.3) is 0 Å². The Balaban J connectivity index is 1.64. The normalized spacial score (nSPS) is 11.0. The number of hydrogen-bond acceptors (Lipinski definition) is 7.